The van der Waals surface area contributed by atoms with Gasteiger partial charge in [0.2, 0.25) is 0 Å². The van der Waals surface area contributed by atoms with E-state index in [0.29, 0.717) is 36.1 Å². The Kier molecular flexibility index (Phi) is 8.61. The van der Waals surface area contributed by atoms with Gasteiger partial charge in [-0.05, 0) is 44.5 Å². The molecule has 0 saturated carbocycles. The van der Waals surface area contributed by atoms with Crippen LogP contribution in [0.3, 0.4) is 0 Å². The molecule has 1 unspecified atom stereocenters. The molecule has 1 atom stereocenters. The number of anilines is 1. The van der Waals surface area contributed by atoms with Crippen molar-refractivity contribution in [2.24, 2.45) is 5.92 Å². The van der Waals surface area contributed by atoms with E-state index >= 15 is 0 Å². The van der Waals surface area contributed by atoms with Gasteiger partial charge in [-0.25, -0.2) is 4.79 Å². The number of nitrogens with two attached hydrogens (primary N) is 1. The van der Waals surface area contributed by atoms with Gasteiger partial charge in [-0.3, -0.25) is 4.90 Å². The maximum atomic E-state index is 12.5. The molecule has 0 fully saturated rings. The standard InChI is InChI=1S/C19H32N2O3/c1-6-21(7-2)16(11-14(4)5)13-24-19(22)17-10-9-15(20)12-18(17)23-8-3/h9-10,12,14,16H,6-8,11,13,20H2,1-5H3. The molecule has 1 aromatic carbocycles. The zero-order valence-corrected chi connectivity index (χ0v) is 15.7. The second kappa shape index (κ2) is 10.2. The number of rotatable bonds is 10. The van der Waals surface area contributed by atoms with Crippen LogP contribution in [0.15, 0.2) is 18.2 Å². The third-order valence-electron chi connectivity index (χ3n) is 4.00. The molecule has 1 aromatic rings. The van der Waals surface area contributed by atoms with Crippen LogP contribution in [0.2, 0.25) is 0 Å². The summed E-state index contributed by atoms with van der Waals surface area (Å²) < 4.78 is 11.1. The van der Waals surface area contributed by atoms with Crippen molar-refractivity contribution in [1.82, 2.24) is 4.90 Å². The van der Waals surface area contributed by atoms with E-state index < -0.39 is 0 Å². The second-order valence-electron chi connectivity index (χ2n) is 6.29. The molecule has 0 aliphatic heterocycles. The summed E-state index contributed by atoms with van der Waals surface area (Å²) in [4.78, 5) is 14.8. The van der Waals surface area contributed by atoms with Crippen LogP contribution in [0.1, 0.15) is 51.4 Å². The summed E-state index contributed by atoms with van der Waals surface area (Å²) in [5.74, 6) is 0.662. The quantitative estimate of drug-likeness (QED) is 0.522. The SMILES string of the molecule is CCOc1cc(N)ccc1C(=O)OCC(CC(C)C)N(CC)CC. The van der Waals surface area contributed by atoms with Crippen molar-refractivity contribution in [3.8, 4) is 5.75 Å². The molecule has 0 radical (unpaired) electrons. The zero-order chi connectivity index (χ0) is 18.1. The van der Waals surface area contributed by atoms with E-state index in [1.165, 1.54) is 0 Å². The lowest BCUT2D eigenvalue weighted by atomic mass is 10.0. The fraction of sp³-hybridized carbons (Fsp3) is 0.632. The number of likely N-dealkylation sites (N-methyl/N-ethyl adjacent to an activating group) is 1. The molecule has 0 aromatic heterocycles. The molecule has 24 heavy (non-hydrogen) atoms. The molecule has 2 N–H and O–H groups in total. The highest BCUT2D eigenvalue weighted by Gasteiger charge is 2.21. The molecule has 0 aliphatic carbocycles. The number of carbonyl (C=O) groups is 1. The van der Waals surface area contributed by atoms with E-state index in [9.17, 15) is 4.79 Å². The normalized spacial score (nSPS) is 12.5. The fourth-order valence-corrected chi connectivity index (χ4v) is 2.84. The smallest absolute Gasteiger partial charge is 0.341 e. The molecular weight excluding hydrogens is 304 g/mol. The average molecular weight is 336 g/mol. The second-order valence-corrected chi connectivity index (χ2v) is 6.29. The molecule has 0 spiro atoms. The Morgan fingerprint density at radius 1 is 1.21 bits per heavy atom. The summed E-state index contributed by atoms with van der Waals surface area (Å²) >= 11 is 0. The molecule has 0 amide bonds. The Bertz CT molecular complexity index is 513. The highest BCUT2D eigenvalue weighted by Crippen LogP contribution is 2.23. The number of ether oxygens (including phenoxy) is 2. The molecular formula is C19H32N2O3. The summed E-state index contributed by atoms with van der Waals surface area (Å²) in [7, 11) is 0. The summed E-state index contributed by atoms with van der Waals surface area (Å²) in [6, 6.07) is 5.25. The maximum absolute atomic E-state index is 12.5. The Morgan fingerprint density at radius 3 is 2.42 bits per heavy atom. The first kappa shape index (κ1) is 20.3. The van der Waals surface area contributed by atoms with Crippen LogP contribution in [-0.4, -0.2) is 43.2 Å². The molecule has 0 saturated heterocycles. The van der Waals surface area contributed by atoms with Gasteiger partial charge in [0.05, 0.1) is 6.61 Å². The summed E-state index contributed by atoms with van der Waals surface area (Å²) in [6.45, 7) is 13.2. The van der Waals surface area contributed by atoms with Gasteiger partial charge in [0.1, 0.15) is 17.9 Å². The van der Waals surface area contributed by atoms with Crippen LogP contribution >= 0.6 is 0 Å². The van der Waals surface area contributed by atoms with Crippen molar-refractivity contribution in [2.45, 2.75) is 47.1 Å². The van der Waals surface area contributed by atoms with Crippen LogP contribution < -0.4 is 10.5 Å². The van der Waals surface area contributed by atoms with Gasteiger partial charge in [0, 0.05) is 17.8 Å². The summed E-state index contributed by atoms with van der Waals surface area (Å²) in [5.41, 5.74) is 6.76. The zero-order valence-electron chi connectivity index (χ0n) is 15.7. The van der Waals surface area contributed by atoms with Gasteiger partial charge in [-0.15, -0.1) is 0 Å². The average Bonchev–Trinajstić information content (AvgIpc) is 2.53. The van der Waals surface area contributed by atoms with Crippen LogP contribution in [0.25, 0.3) is 0 Å². The van der Waals surface area contributed by atoms with Gasteiger partial charge in [0.15, 0.2) is 0 Å². The Labute approximate surface area is 146 Å². The number of carbonyl (C=O) groups excluding carboxylic acids is 1. The maximum Gasteiger partial charge on any atom is 0.341 e. The summed E-state index contributed by atoms with van der Waals surface area (Å²) in [6.07, 6.45) is 0.995. The fourth-order valence-electron chi connectivity index (χ4n) is 2.84. The minimum absolute atomic E-state index is 0.230. The van der Waals surface area contributed by atoms with E-state index in [0.717, 1.165) is 19.5 Å². The number of nitrogen functional groups attached to an aromatic ring is 1. The third kappa shape index (κ3) is 6.04. The van der Waals surface area contributed by atoms with E-state index in [1.807, 2.05) is 6.92 Å². The van der Waals surface area contributed by atoms with Crippen LogP contribution in [0.4, 0.5) is 5.69 Å². The van der Waals surface area contributed by atoms with E-state index in [4.69, 9.17) is 15.2 Å². The number of esters is 1. The molecule has 0 bridgehead atoms. The number of hydrogen-bond donors (Lipinski definition) is 1. The Balaban J connectivity index is 2.81. The Hall–Kier alpha value is -1.75. The number of benzene rings is 1. The highest BCUT2D eigenvalue weighted by molar-refractivity contribution is 5.93. The molecule has 136 valence electrons. The van der Waals surface area contributed by atoms with Crippen molar-refractivity contribution < 1.29 is 14.3 Å². The van der Waals surface area contributed by atoms with Gasteiger partial charge in [-0.2, -0.15) is 0 Å². The van der Waals surface area contributed by atoms with Crippen LogP contribution in [0, 0.1) is 5.92 Å². The van der Waals surface area contributed by atoms with Crippen molar-refractivity contribution >= 4 is 11.7 Å². The highest BCUT2D eigenvalue weighted by atomic mass is 16.5. The topological polar surface area (TPSA) is 64.8 Å². The van der Waals surface area contributed by atoms with Gasteiger partial charge in [0.25, 0.3) is 0 Å². The van der Waals surface area contributed by atoms with Crippen LogP contribution in [0.5, 0.6) is 5.75 Å². The van der Waals surface area contributed by atoms with Gasteiger partial charge < -0.3 is 15.2 Å². The molecule has 5 nitrogen and oxygen atoms in total. The monoisotopic (exact) mass is 336 g/mol. The van der Waals surface area contributed by atoms with Crippen molar-refractivity contribution in [1.29, 1.82) is 0 Å². The Morgan fingerprint density at radius 2 is 1.88 bits per heavy atom. The van der Waals surface area contributed by atoms with Gasteiger partial charge >= 0.3 is 5.97 Å². The largest absolute Gasteiger partial charge is 0.493 e. The predicted octanol–water partition coefficient (Wildman–Crippen LogP) is 3.58. The third-order valence-corrected chi connectivity index (χ3v) is 4.00. The molecule has 0 heterocycles. The van der Waals surface area contributed by atoms with E-state index in [2.05, 4.69) is 32.6 Å². The first-order valence-corrected chi connectivity index (χ1v) is 8.86. The van der Waals surface area contributed by atoms with Gasteiger partial charge in [-0.1, -0.05) is 27.7 Å². The van der Waals surface area contributed by atoms with Crippen molar-refractivity contribution in [3.63, 3.8) is 0 Å². The van der Waals surface area contributed by atoms with E-state index in [1.54, 1.807) is 18.2 Å². The lowest BCUT2D eigenvalue weighted by molar-refractivity contribution is 0.0327. The molecule has 5 heteroatoms. The molecule has 0 aliphatic rings. The minimum Gasteiger partial charge on any atom is -0.493 e. The lowest BCUT2D eigenvalue weighted by Gasteiger charge is -2.30. The first-order chi connectivity index (χ1) is 11.4. The van der Waals surface area contributed by atoms with Crippen molar-refractivity contribution in [3.05, 3.63) is 23.8 Å². The summed E-state index contributed by atoms with van der Waals surface area (Å²) in [5, 5.41) is 0. The van der Waals surface area contributed by atoms with Crippen LogP contribution in [-0.2, 0) is 4.74 Å². The minimum atomic E-state index is -0.362. The first-order valence-electron chi connectivity index (χ1n) is 8.86. The predicted molar refractivity (Wildman–Crippen MR) is 98.5 cm³/mol. The van der Waals surface area contributed by atoms with E-state index in [-0.39, 0.29) is 12.0 Å². The van der Waals surface area contributed by atoms with Crippen molar-refractivity contribution in [2.75, 3.05) is 32.0 Å². The lowest BCUT2D eigenvalue weighted by Crippen LogP contribution is -2.40. The number of hydrogen-bond acceptors (Lipinski definition) is 5. The number of nitrogens with zero attached hydrogens (tertiary/aromatic N) is 1. The molecule has 1 rings (SSSR count).